The molecule has 102 valence electrons. The predicted molar refractivity (Wildman–Crippen MR) is 73.4 cm³/mol. The third-order valence-corrected chi connectivity index (χ3v) is 3.95. The fourth-order valence-electron chi connectivity index (χ4n) is 2.99. The first-order chi connectivity index (χ1) is 8.59. The molecule has 3 atom stereocenters. The first kappa shape index (κ1) is 13.6. The molecule has 2 heterocycles. The molecule has 3 unspecified atom stereocenters. The molecule has 0 amide bonds. The molecule has 1 aromatic heterocycles. The Bertz CT molecular complexity index is 350. The fraction of sp³-hybridized carbons (Fsp3) is 0.714. The van der Waals surface area contributed by atoms with E-state index in [4.69, 9.17) is 10.2 Å². The third-order valence-electron chi connectivity index (χ3n) is 3.95. The molecule has 0 aromatic carbocycles. The summed E-state index contributed by atoms with van der Waals surface area (Å²) in [5.74, 6) is 0.973. The number of nitrogens with two attached hydrogens (primary N) is 1. The number of likely N-dealkylation sites (tertiary alicyclic amines) is 1. The molecule has 0 saturated carbocycles. The zero-order valence-electron chi connectivity index (χ0n) is 11.7. The third kappa shape index (κ3) is 2.94. The highest BCUT2D eigenvalue weighted by Gasteiger charge is 2.30. The van der Waals surface area contributed by atoms with E-state index in [2.05, 4.69) is 30.8 Å². The van der Waals surface area contributed by atoms with Crippen molar-refractivity contribution in [3.8, 4) is 0 Å². The van der Waals surface area contributed by atoms with Gasteiger partial charge in [-0.25, -0.2) is 0 Å². The molecule has 0 radical (unpaired) electrons. The van der Waals surface area contributed by atoms with Gasteiger partial charge in [0.2, 0.25) is 0 Å². The summed E-state index contributed by atoms with van der Waals surface area (Å²) < 4.78 is 5.56. The summed E-state index contributed by atoms with van der Waals surface area (Å²) in [4.78, 5) is 4.78. The minimum absolute atomic E-state index is 0.0633. The van der Waals surface area contributed by atoms with Crippen LogP contribution in [0.5, 0.6) is 0 Å². The Morgan fingerprint density at radius 3 is 2.89 bits per heavy atom. The lowest BCUT2D eigenvalue weighted by molar-refractivity contribution is 0.0794. The van der Waals surface area contributed by atoms with Crippen LogP contribution >= 0.6 is 0 Å². The molecule has 1 aliphatic rings. The van der Waals surface area contributed by atoms with Crippen molar-refractivity contribution in [3.05, 3.63) is 24.2 Å². The number of rotatable bonds is 4. The van der Waals surface area contributed by atoms with Crippen LogP contribution in [0, 0.1) is 0 Å². The van der Waals surface area contributed by atoms with Crippen molar-refractivity contribution in [1.29, 1.82) is 0 Å². The summed E-state index contributed by atoms with van der Waals surface area (Å²) in [6, 6.07) is 4.75. The van der Waals surface area contributed by atoms with E-state index in [0.29, 0.717) is 6.04 Å². The number of hydrogen-bond donors (Lipinski definition) is 1. The lowest BCUT2D eigenvalue weighted by Gasteiger charge is -2.40. The van der Waals surface area contributed by atoms with Crippen molar-refractivity contribution >= 4 is 0 Å². The van der Waals surface area contributed by atoms with Crippen LogP contribution in [0.25, 0.3) is 0 Å². The monoisotopic (exact) mass is 251 g/mol. The summed E-state index contributed by atoms with van der Waals surface area (Å²) in [7, 11) is 4.36. The lowest BCUT2D eigenvalue weighted by atomic mass is 9.99. The maximum absolute atomic E-state index is 6.15. The molecule has 1 fully saturated rings. The molecule has 0 bridgehead atoms. The molecule has 0 spiro atoms. The van der Waals surface area contributed by atoms with Gasteiger partial charge in [-0.1, -0.05) is 0 Å². The number of likely N-dealkylation sites (N-methyl/N-ethyl adjacent to an activating group) is 2. The van der Waals surface area contributed by atoms with E-state index >= 15 is 0 Å². The van der Waals surface area contributed by atoms with Crippen molar-refractivity contribution in [1.82, 2.24) is 9.80 Å². The molecular formula is C14H25N3O. The normalized spacial score (nSPS) is 25.3. The Balaban J connectivity index is 2.10. The van der Waals surface area contributed by atoms with Gasteiger partial charge >= 0.3 is 0 Å². The smallest absolute Gasteiger partial charge is 0.122 e. The molecule has 4 heteroatoms. The van der Waals surface area contributed by atoms with E-state index in [9.17, 15) is 0 Å². The Morgan fingerprint density at radius 1 is 1.56 bits per heavy atom. The van der Waals surface area contributed by atoms with E-state index in [-0.39, 0.29) is 12.1 Å². The first-order valence-electron chi connectivity index (χ1n) is 6.79. The zero-order chi connectivity index (χ0) is 13.1. The van der Waals surface area contributed by atoms with Gasteiger partial charge in [0.1, 0.15) is 5.76 Å². The van der Waals surface area contributed by atoms with Crippen LogP contribution in [0.4, 0.5) is 0 Å². The van der Waals surface area contributed by atoms with Gasteiger partial charge in [-0.05, 0) is 52.5 Å². The molecule has 2 rings (SSSR count). The Kier molecular flexibility index (Phi) is 4.43. The van der Waals surface area contributed by atoms with E-state index in [1.807, 2.05) is 12.1 Å². The summed E-state index contributed by atoms with van der Waals surface area (Å²) in [6.45, 7) is 4.37. The summed E-state index contributed by atoms with van der Waals surface area (Å²) in [5, 5.41) is 0. The highest BCUT2D eigenvalue weighted by Crippen LogP contribution is 2.27. The minimum atomic E-state index is 0.0633. The van der Waals surface area contributed by atoms with Crippen molar-refractivity contribution in [2.24, 2.45) is 5.73 Å². The van der Waals surface area contributed by atoms with Gasteiger partial charge in [-0.2, -0.15) is 0 Å². The average molecular weight is 251 g/mol. The molecular weight excluding hydrogens is 226 g/mol. The lowest BCUT2D eigenvalue weighted by Crippen LogP contribution is -2.49. The Morgan fingerprint density at radius 2 is 2.33 bits per heavy atom. The molecule has 4 nitrogen and oxygen atoms in total. The molecule has 0 aliphatic carbocycles. The van der Waals surface area contributed by atoms with Crippen LogP contribution in [-0.2, 0) is 0 Å². The second-order valence-electron chi connectivity index (χ2n) is 5.54. The van der Waals surface area contributed by atoms with E-state index in [0.717, 1.165) is 12.3 Å². The largest absolute Gasteiger partial charge is 0.468 e. The summed E-state index contributed by atoms with van der Waals surface area (Å²) >= 11 is 0. The van der Waals surface area contributed by atoms with Crippen LogP contribution in [0.3, 0.4) is 0 Å². The summed E-state index contributed by atoms with van der Waals surface area (Å²) in [6.07, 6.45) is 4.23. The zero-order valence-corrected chi connectivity index (χ0v) is 11.7. The average Bonchev–Trinajstić information content (AvgIpc) is 2.82. The van der Waals surface area contributed by atoms with Gasteiger partial charge in [-0.15, -0.1) is 0 Å². The quantitative estimate of drug-likeness (QED) is 0.884. The van der Waals surface area contributed by atoms with Crippen LogP contribution in [-0.4, -0.2) is 49.1 Å². The topological polar surface area (TPSA) is 45.6 Å². The van der Waals surface area contributed by atoms with Gasteiger partial charge in [0.25, 0.3) is 0 Å². The Hall–Kier alpha value is -0.840. The van der Waals surface area contributed by atoms with Crippen molar-refractivity contribution in [2.75, 3.05) is 27.2 Å². The second kappa shape index (κ2) is 5.87. The maximum Gasteiger partial charge on any atom is 0.122 e. The number of nitrogens with zero attached hydrogens (tertiary/aromatic N) is 2. The maximum atomic E-state index is 6.15. The number of hydrogen-bond acceptors (Lipinski definition) is 4. The molecule has 1 aliphatic heterocycles. The van der Waals surface area contributed by atoms with Gasteiger partial charge in [0.15, 0.2) is 0 Å². The van der Waals surface area contributed by atoms with Gasteiger partial charge in [0.05, 0.1) is 12.3 Å². The van der Waals surface area contributed by atoms with Crippen molar-refractivity contribution in [2.45, 2.75) is 37.9 Å². The standard InChI is InChI=1S/C14H25N3O/c1-11(15)14(13-7-5-9-18-13)17(3)12-6-4-8-16(2)10-12/h5,7,9,11-12,14H,4,6,8,10,15H2,1-3H3. The number of furan rings is 1. The van der Waals surface area contributed by atoms with E-state index in [1.165, 1.54) is 19.4 Å². The van der Waals surface area contributed by atoms with Gasteiger partial charge in [-0.3, -0.25) is 4.90 Å². The van der Waals surface area contributed by atoms with Crippen LogP contribution in [0.2, 0.25) is 0 Å². The van der Waals surface area contributed by atoms with Gasteiger partial charge in [0, 0.05) is 18.6 Å². The Labute approximate surface area is 110 Å². The van der Waals surface area contributed by atoms with Gasteiger partial charge < -0.3 is 15.1 Å². The van der Waals surface area contributed by atoms with Crippen LogP contribution in [0.15, 0.2) is 22.8 Å². The fourth-order valence-corrected chi connectivity index (χ4v) is 2.99. The van der Waals surface area contributed by atoms with Crippen LogP contribution < -0.4 is 5.73 Å². The van der Waals surface area contributed by atoms with Crippen molar-refractivity contribution in [3.63, 3.8) is 0 Å². The van der Waals surface area contributed by atoms with E-state index < -0.39 is 0 Å². The molecule has 1 aromatic rings. The van der Waals surface area contributed by atoms with Crippen LogP contribution in [0.1, 0.15) is 31.6 Å². The summed E-state index contributed by atoms with van der Waals surface area (Å²) in [5.41, 5.74) is 6.15. The highest BCUT2D eigenvalue weighted by molar-refractivity contribution is 5.08. The molecule has 18 heavy (non-hydrogen) atoms. The van der Waals surface area contributed by atoms with Crippen molar-refractivity contribution < 1.29 is 4.42 Å². The molecule has 2 N–H and O–H groups in total. The minimum Gasteiger partial charge on any atom is -0.468 e. The molecule has 1 saturated heterocycles. The highest BCUT2D eigenvalue weighted by atomic mass is 16.3. The predicted octanol–water partition coefficient (Wildman–Crippen LogP) is 1.69. The first-order valence-corrected chi connectivity index (χ1v) is 6.79. The SMILES string of the molecule is CC(N)C(c1ccco1)N(C)C1CCCN(C)C1. The number of piperidine rings is 1. The van der Waals surface area contributed by atoms with E-state index in [1.54, 1.807) is 6.26 Å². The second-order valence-corrected chi connectivity index (χ2v) is 5.54.